The molecule has 0 unspecified atom stereocenters. The van der Waals surface area contributed by atoms with E-state index in [9.17, 15) is 18.0 Å². The van der Waals surface area contributed by atoms with Gasteiger partial charge in [-0.3, -0.25) is 4.79 Å². The number of hydrogen-bond donors (Lipinski definition) is 1. The molecule has 2 N–H and O–H groups in total. The average molecular weight is 353 g/mol. The van der Waals surface area contributed by atoms with E-state index in [4.69, 9.17) is 5.73 Å². The average Bonchev–Trinajstić information content (AvgIpc) is 2.52. The predicted molar refractivity (Wildman–Crippen MR) is 85.7 cm³/mol. The Morgan fingerprint density at radius 3 is 2.44 bits per heavy atom. The zero-order valence-corrected chi connectivity index (χ0v) is 13.9. The minimum atomic E-state index is -4.58. The molecule has 1 fully saturated rings. The van der Waals surface area contributed by atoms with Crippen molar-refractivity contribution < 1.29 is 18.0 Å². The zero-order chi connectivity index (χ0) is 18.4. The summed E-state index contributed by atoms with van der Waals surface area (Å²) in [5.74, 6) is -0.135. The Morgan fingerprint density at radius 1 is 1.24 bits per heavy atom. The molecule has 2 aromatic rings. The number of carbonyl (C=O) groups is 1. The number of fused-ring (bicyclic) bond motifs is 1. The third-order valence-electron chi connectivity index (χ3n) is 4.49. The number of nitrogens with two attached hydrogens (primary N) is 1. The zero-order valence-electron chi connectivity index (χ0n) is 13.9. The highest BCUT2D eigenvalue weighted by atomic mass is 19.4. The third-order valence-corrected chi connectivity index (χ3v) is 4.49. The lowest BCUT2D eigenvalue weighted by Crippen LogP contribution is -2.36. The van der Waals surface area contributed by atoms with Crippen LogP contribution in [-0.4, -0.2) is 38.8 Å². The van der Waals surface area contributed by atoms with E-state index in [1.807, 2.05) is 0 Å². The molecule has 0 atom stereocenters. The summed E-state index contributed by atoms with van der Waals surface area (Å²) in [5, 5.41) is -0.261. The highest BCUT2D eigenvalue weighted by molar-refractivity contribution is 5.89. The van der Waals surface area contributed by atoms with Crippen molar-refractivity contribution in [1.82, 2.24) is 19.9 Å². The maximum atomic E-state index is 13.5. The number of alkyl halides is 3. The van der Waals surface area contributed by atoms with E-state index in [1.54, 1.807) is 11.8 Å². The molecule has 0 saturated carbocycles. The Bertz CT molecular complexity index is 829. The van der Waals surface area contributed by atoms with Crippen molar-refractivity contribution in [2.45, 2.75) is 38.8 Å². The first-order valence-electron chi connectivity index (χ1n) is 7.94. The topological polar surface area (TPSA) is 85.0 Å². The molecule has 3 rings (SSSR count). The molecule has 1 saturated heterocycles. The Morgan fingerprint density at radius 2 is 1.88 bits per heavy atom. The van der Waals surface area contributed by atoms with Crippen molar-refractivity contribution in [3.63, 3.8) is 0 Å². The number of nitrogens with zero attached hydrogens (tertiary/aromatic N) is 4. The predicted octanol–water partition coefficient (Wildman–Crippen LogP) is 2.66. The summed E-state index contributed by atoms with van der Waals surface area (Å²) >= 11 is 0. The summed E-state index contributed by atoms with van der Waals surface area (Å²) in [7, 11) is 0. The Labute approximate surface area is 142 Å². The Balaban J connectivity index is 2.07. The first-order chi connectivity index (χ1) is 11.7. The molecular weight excluding hydrogens is 335 g/mol. The number of rotatable bonds is 1. The SMILES string of the molecule is CC(=O)N1CCC(c2cc(C(F)(F)F)c3c(N)nc(C)nc3n2)CC1. The minimum absolute atomic E-state index is 0.0305. The van der Waals surface area contributed by atoms with Crippen LogP contribution in [0, 0.1) is 6.92 Å². The van der Waals surface area contributed by atoms with Gasteiger partial charge in [-0.2, -0.15) is 13.2 Å². The smallest absolute Gasteiger partial charge is 0.383 e. The van der Waals surface area contributed by atoms with Crippen LogP contribution in [0.2, 0.25) is 0 Å². The monoisotopic (exact) mass is 353 g/mol. The molecule has 0 aromatic carbocycles. The molecule has 1 aliphatic rings. The molecule has 6 nitrogen and oxygen atoms in total. The number of aromatic nitrogens is 3. The largest absolute Gasteiger partial charge is 0.417 e. The van der Waals surface area contributed by atoms with Crippen molar-refractivity contribution in [3.8, 4) is 0 Å². The molecule has 134 valence electrons. The van der Waals surface area contributed by atoms with Crippen LogP contribution in [0.5, 0.6) is 0 Å². The van der Waals surface area contributed by atoms with E-state index in [0.717, 1.165) is 6.07 Å². The summed E-state index contributed by atoms with van der Waals surface area (Å²) in [5.41, 5.74) is 5.13. The van der Waals surface area contributed by atoms with Crippen LogP contribution in [0.4, 0.5) is 19.0 Å². The minimum Gasteiger partial charge on any atom is -0.383 e. The summed E-state index contributed by atoms with van der Waals surface area (Å²) in [6.45, 7) is 4.06. The Kier molecular flexibility index (Phi) is 4.26. The molecule has 0 aliphatic carbocycles. The quantitative estimate of drug-likeness (QED) is 0.852. The first-order valence-corrected chi connectivity index (χ1v) is 7.94. The van der Waals surface area contributed by atoms with Crippen molar-refractivity contribution in [2.75, 3.05) is 18.8 Å². The van der Waals surface area contributed by atoms with Gasteiger partial charge < -0.3 is 10.6 Å². The number of halogens is 3. The van der Waals surface area contributed by atoms with Gasteiger partial charge in [0.05, 0.1) is 10.9 Å². The highest BCUT2D eigenvalue weighted by Gasteiger charge is 2.36. The van der Waals surface area contributed by atoms with Crippen molar-refractivity contribution >= 4 is 22.8 Å². The lowest BCUT2D eigenvalue weighted by atomic mass is 9.91. The number of likely N-dealkylation sites (tertiary alicyclic amines) is 1. The van der Waals surface area contributed by atoms with E-state index < -0.39 is 11.7 Å². The number of amides is 1. The van der Waals surface area contributed by atoms with Crippen LogP contribution in [0.1, 0.15) is 42.8 Å². The summed E-state index contributed by atoms with van der Waals surface area (Å²) in [6.07, 6.45) is -3.45. The second-order valence-electron chi connectivity index (χ2n) is 6.23. The van der Waals surface area contributed by atoms with Gasteiger partial charge in [-0.1, -0.05) is 0 Å². The van der Waals surface area contributed by atoms with Crippen molar-refractivity contribution in [1.29, 1.82) is 0 Å². The van der Waals surface area contributed by atoms with Gasteiger partial charge in [0, 0.05) is 31.6 Å². The molecular formula is C16H18F3N5O. The van der Waals surface area contributed by atoms with E-state index in [-0.39, 0.29) is 34.5 Å². The molecule has 0 radical (unpaired) electrons. The molecule has 1 amide bonds. The van der Waals surface area contributed by atoms with Crippen LogP contribution in [-0.2, 0) is 11.0 Å². The fraction of sp³-hybridized carbons (Fsp3) is 0.500. The summed E-state index contributed by atoms with van der Waals surface area (Å²) in [4.78, 5) is 25.3. The van der Waals surface area contributed by atoms with Crippen molar-refractivity contribution in [2.24, 2.45) is 0 Å². The lowest BCUT2D eigenvalue weighted by Gasteiger charge is -2.31. The molecule has 0 spiro atoms. The molecule has 1 aliphatic heterocycles. The molecule has 25 heavy (non-hydrogen) atoms. The second-order valence-corrected chi connectivity index (χ2v) is 6.23. The molecule has 2 aromatic heterocycles. The van der Waals surface area contributed by atoms with E-state index in [2.05, 4.69) is 15.0 Å². The van der Waals surface area contributed by atoms with Gasteiger partial charge in [0.2, 0.25) is 5.91 Å². The lowest BCUT2D eigenvalue weighted by molar-refractivity contribution is -0.136. The standard InChI is InChI=1S/C16H18F3N5O/c1-8-21-14(20)13-11(16(17,18)19)7-12(23-15(13)22-8)10-3-5-24(6-4-10)9(2)25/h7,10H,3-6H2,1-2H3,(H2,20,21,22,23). The van der Waals surface area contributed by atoms with Gasteiger partial charge in [0.25, 0.3) is 0 Å². The fourth-order valence-corrected chi connectivity index (χ4v) is 3.22. The second kappa shape index (κ2) is 6.12. The van der Waals surface area contributed by atoms with Gasteiger partial charge in [-0.05, 0) is 25.8 Å². The normalized spacial score (nSPS) is 16.4. The number of carbonyl (C=O) groups excluding carboxylic acids is 1. The number of pyridine rings is 1. The van der Waals surface area contributed by atoms with E-state index in [1.165, 1.54) is 6.92 Å². The molecule has 0 bridgehead atoms. The number of anilines is 1. The maximum Gasteiger partial charge on any atom is 0.417 e. The molecule has 9 heteroatoms. The summed E-state index contributed by atoms with van der Waals surface area (Å²) in [6, 6.07) is 1.05. The molecule has 3 heterocycles. The maximum absolute atomic E-state index is 13.5. The number of aryl methyl sites for hydroxylation is 1. The van der Waals surface area contributed by atoms with Crippen LogP contribution in [0.25, 0.3) is 11.0 Å². The van der Waals surface area contributed by atoms with Crippen LogP contribution in [0.3, 0.4) is 0 Å². The van der Waals surface area contributed by atoms with Gasteiger partial charge in [0.15, 0.2) is 5.65 Å². The van der Waals surface area contributed by atoms with Crippen LogP contribution in [0.15, 0.2) is 6.07 Å². The van der Waals surface area contributed by atoms with E-state index >= 15 is 0 Å². The van der Waals surface area contributed by atoms with E-state index in [0.29, 0.717) is 31.6 Å². The van der Waals surface area contributed by atoms with Crippen LogP contribution >= 0.6 is 0 Å². The first kappa shape index (κ1) is 17.4. The highest BCUT2D eigenvalue weighted by Crippen LogP contribution is 2.38. The van der Waals surface area contributed by atoms with Gasteiger partial charge in [-0.15, -0.1) is 0 Å². The number of piperidine rings is 1. The third kappa shape index (κ3) is 3.35. The number of nitrogen functional groups attached to an aromatic ring is 1. The number of hydrogen-bond acceptors (Lipinski definition) is 5. The van der Waals surface area contributed by atoms with Gasteiger partial charge in [-0.25, -0.2) is 15.0 Å². The van der Waals surface area contributed by atoms with Gasteiger partial charge >= 0.3 is 6.18 Å². The van der Waals surface area contributed by atoms with Gasteiger partial charge in [0.1, 0.15) is 11.6 Å². The fourth-order valence-electron chi connectivity index (χ4n) is 3.22. The summed E-state index contributed by atoms with van der Waals surface area (Å²) < 4.78 is 40.6. The van der Waals surface area contributed by atoms with Crippen molar-refractivity contribution in [3.05, 3.63) is 23.1 Å². The van der Waals surface area contributed by atoms with Crippen LogP contribution < -0.4 is 5.73 Å². The Hall–Kier alpha value is -2.45.